The number of rotatable bonds is 3. The molecule has 3 rings (SSSR count). The summed E-state index contributed by atoms with van der Waals surface area (Å²) in [5.41, 5.74) is 0.219. The van der Waals surface area contributed by atoms with Gasteiger partial charge in [-0.1, -0.05) is 12.1 Å². The molecule has 1 heterocycles. The average Bonchev–Trinajstić information content (AvgIpc) is 3.21. The van der Waals surface area contributed by atoms with E-state index in [-0.39, 0.29) is 34.9 Å². The van der Waals surface area contributed by atoms with Crippen molar-refractivity contribution in [3.05, 3.63) is 35.4 Å². The Morgan fingerprint density at radius 3 is 2.77 bits per heavy atom. The summed E-state index contributed by atoms with van der Waals surface area (Å²) in [6, 6.07) is 3.59. The van der Waals surface area contributed by atoms with Gasteiger partial charge >= 0.3 is 0 Å². The number of amides is 1. The van der Waals surface area contributed by atoms with Crippen molar-refractivity contribution in [3.8, 4) is 0 Å². The zero-order valence-electron chi connectivity index (χ0n) is 11.9. The molecule has 1 aromatic rings. The Kier molecular flexibility index (Phi) is 3.92. The van der Waals surface area contributed by atoms with Gasteiger partial charge < -0.3 is 5.32 Å². The van der Waals surface area contributed by atoms with Gasteiger partial charge in [-0.05, 0) is 36.8 Å². The van der Waals surface area contributed by atoms with Crippen LogP contribution >= 0.6 is 0 Å². The molecule has 0 spiro atoms. The molecule has 1 aromatic carbocycles. The van der Waals surface area contributed by atoms with Crippen molar-refractivity contribution in [1.29, 1.82) is 0 Å². The summed E-state index contributed by atoms with van der Waals surface area (Å²) in [7, 11) is -3.09. The Bertz CT molecular complexity index is 705. The third-order valence-corrected chi connectivity index (χ3v) is 6.14. The van der Waals surface area contributed by atoms with Crippen LogP contribution in [0.15, 0.2) is 18.2 Å². The molecular weight excluding hydrogens is 312 g/mol. The van der Waals surface area contributed by atoms with Crippen LogP contribution in [0.25, 0.3) is 0 Å². The summed E-state index contributed by atoms with van der Waals surface area (Å²) >= 11 is 0. The van der Waals surface area contributed by atoms with Gasteiger partial charge in [-0.2, -0.15) is 0 Å². The minimum atomic E-state index is -3.09. The molecule has 2 aliphatic rings. The van der Waals surface area contributed by atoms with Gasteiger partial charge in [0.25, 0.3) is 0 Å². The second-order valence-corrected chi connectivity index (χ2v) is 8.28. The fraction of sp³-hybridized carbons (Fsp3) is 0.533. The molecule has 3 atom stereocenters. The number of halogens is 2. The zero-order valence-corrected chi connectivity index (χ0v) is 12.7. The molecule has 1 aliphatic heterocycles. The molecule has 0 bridgehead atoms. The second kappa shape index (κ2) is 5.61. The van der Waals surface area contributed by atoms with E-state index in [2.05, 4.69) is 5.32 Å². The summed E-state index contributed by atoms with van der Waals surface area (Å²) in [5.74, 6) is -2.68. The van der Waals surface area contributed by atoms with E-state index in [0.717, 1.165) is 6.07 Å². The SMILES string of the molecule is O=C(N[C@@H]1CCCS(=O)(=O)C1)[C@@H]1C[C@@H]1c1cccc(F)c1F. The number of hydrogen-bond donors (Lipinski definition) is 1. The highest BCUT2D eigenvalue weighted by molar-refractivity contribution is 7.91. The van der Waals surface area contributed by atoms with Crippen molar-refractivity contribution in [3.63, 3.8) is 0 Å². The van der Waals surface area contributed by atoms with Crippen LogP contribution in [0.4, 0.5) is 8.78 Å². The highest BCUT2D eigenvalue weighted by atomic mass is 32.2. The fourth-order valence-electron chi connectivity index (χ4n) is 3.08. The average molecular weight is 329 g/mol. The first-order valence-electron chi connectivity index (χ1n) is 7.32. The lowest BCUT2D eigenvalue weighted by atomic mass is 10.1. The lowest BCUT2D eigenvalue weighted by molar-refractivity contribution is -0.123. The predicted molar refractivity (Wildman–Crippen MR) is 77.0 cm³/mol. The van der Waals surface area contributed by atoms with Gasteiger partial charge in [0.15, 0.2) is 21.5 Å². The van der Waals surface area contributed by atoms with E-state index >= 15 is 0 Å². The van der Waals surface area contributed by atoms with Crippen molar-refractivity contribution in [2.45, 2.75) is 31.2 Å². The Morgan fingerprint density at radius 1 is 1.27 bits per heavy atom. The molecule has 2 fully saturated rings. The smallest absolute Gasteiger partial charge is 0.223 e. The molecule has 7 heteroatoms. The molecule has 120 valence electrons. The van der Waals surface area contributed by atoms with E-state index in [1.54, 1.807) is 0 Å². The molecule has 1 saturated carbocycles. The van der Waals surface area contributed by atoms with Crippen LogP contribution in [-0.2, 0) is 14.6 Å². The van der Waals surface area contributed by atoms with Crippen LogP contribution < -0.4 is 5.32 Å². The zero-order chi connectivity index (χ0) is 15.9. The highest BCUT2D eigenvalue weighted by Gasteiger charge is 2.46. The van der Waals surface area contributed by atoms with Gasteiger partial charge in [0.05, 0.1) is 11.5 Å². The third kappa shape index (κ3) is 3.14. The molecule has 22 heavy (non-hydrogen) atoms. The third-order valence-electron chi connectivity index (χ3n) is 4.32. The van der Waals surface area contributed by atoms with E-state index < -0.39 is 27.4 Å². The molecule has 1 saturated heterocycles. The summed E-state index contributed by atoms with van der Waals surface area (Å²) in [6.07, 6.45) is 1.64. The first-order valence-corrected chi connectivity index (χ1v) is 9.14. The van der Waals surface area contributed by atoms with Gasteiger partial charge in [0.2, 0.25) is 5.91 Å². The maximum absolute atomic E-state index is 13.7. The quantitative estimate of drug-likeness (QED) is 0.919. The van der Waals surface area contributed by atoms with Gasteiger partial charge in [-0.3, -0.25) is 4.79 Å². The predicted octanol–water partition coefficient (Wildman–Crippen LogP) is 1.76. The summed E-state index contributed by atoms with van der Waals surface area (Å²) < 4.78 is 50.0. The number of carbonyl (C=O) groups is 1. The molecule has 1 amide bonds. The van der Waals surface area contributed by atoms with Gasteiger partial charge in [0.1, 0.15) is 0 Å². The lowest BCUT2D eigenvalue weighted by Crippen LogP contribution is -2.43. The molecule has 0 unspecified atom stereocenters. The van der Waals surface area contributed by atoms with Crippen LogP contribution in [-0.4, -0.2) is 31.9 Å². The molecule has 1 N–H and O–H groups in total. The van der Waals surface area contributed by atoms with E-state index in [9.17, 15) is 22.0 Å². The monoisotopic (exact) mass is 329 g/mol. The highest BCUT2D eigenvalue weighted by Crippen LogP contribution is 2.48. The Balaban J connectivity index is 1.62. The van der Waals surface area contributed by atoms with E-state index in [4.69, 9.17) is 0 Å². The van der Waals surface area contributed by atoms with Crippen molar-refractivity contribution in [1.82, 2.24) is 5.32 Å². The first kappa shape index (κ1) is 15.4. The first-order chi connectivity index (χ1) is 10.4. The molecule has 0 aromatic heterocycles. The number of sulfone groups is 1. The molecule has 4 nitrogen and oxygen atoms in total. The van der Waals surface area contributed by atoms with E-state index in [0.29, 0.717) is 19.3 Å². The van der Waals surface area contributed by atoms with Crippen LogP contribution in [0.1, 0.15) is 30.7 Å². The van der Waals surface area contributed by atoms with Crippen LogP contribution in [0.3, 0.4) is 0 Å². The number of carbonyl (C=O) groups excluding carboxylic acids is 1. The van der Waals surface area contributed by atoms with Gasteiger partial charge in [-0.15, -0.1) is 0 Å². The summed E-state index contributed by atoms with van der Waals surface area (Å²) in [4.78, 5) is 12.1. The molecule has 1 aliphatic carbocycles. The number of nitrogens with one attached hydrogen (secondary N) is 1. The van der Waals surface area contributed by atoms with Crippen molar-refractivity contribution >= 4 is 15.7 Å². The van der Waals surface area contributed by atoms with Crippen LogP contribution in [0.5, 0.6) is 0 Å². The maximum Gasteiger partial charge on any atom is 0.223 e. The van der Waals surface area contributed by atoms with Gasteiger partial charge in [0, 0.05) is 12.0 Å². The van der Waals surface area contributed by atoms with Crippen molar-refractivity contribution in [2.24, 2.45) is 5.92 Å². The Labute approximate surface area is 127 Å². The largest absolute Gasteiger partial charge is 0.352 e. The fourth-order valence-corrected chi connectivity index (χ4v) is 4.72. The summed E-state index contributed by atoms with van der Waals surface area (Å²) in [6.45, 7) is 0. The normalized spacial score (nSPS) is 29.8. The molecule has 0 radical (unpaired) electrons. The number of benzene rings is 1. The minimum Gasteiger partial charge on any atom is -0.352 e. The van der Waals surface area contributed by atoms with E-state index in [1.807, 2.05) is 0 Å². The standard InChI is InChI=1S/C15H17F2NO3S/c16-13-5-1-4-10(14(13)17)11-7-12(11)15(19)18-9-3-2-6-22(20,21)8-9/h1,4-5,9,11-12H,2-3,6-8H2,(H,18,19)/t9-,11-,12-/m1/s1. The Morgan fingerprint density at radius 2 is 2.05 bits per heavy atom. The second-order valence-electron chi connectivity index (χ2n) is 6.05. The topological polar surface area (TPSA) is 63.2 Å². The van der Waals surface area contributed by atoms with Crippen LogP contribution in [0, 0.1) is 17.6 Å². The maximum atomic E-state index is 13.7. The number of hydrogen-bond acceptors (Lipinski definition) is 3. The van der Waals surface area contributed by atoms with Crippen LogP contribution in [0.2, 0.25) is 0 Å². The van der Waals surface area contributed by atoms with Crippen molar-refractivity contribution < 1.29 is 22.0 Å². The Hall–Kier alpha value is -1.50. The lowest BCUT2D eigenvalue weighted by Gasteiger charge is -2.23. The van der Waals surface area contributed by atoms with E-state index in [1.165, 1.54) is 12.1 Å². The van der Waals surface area contributed by atoms with Crippen molar-refractivity contribution in [2.75, 3.05) is 11.5 Å². The molecular formula is C15H17F2NO3S. The minimum absolute atomic E-state index is 0.0372. The van der Waals surface area contributed by atoms with Gasteiger partial charge in [-0.25, -0.2) is 17.2 Å². The summed E-state index contributed by atoms with van der Waals surface area (Å²) in [5, 5.41) is 2.74.